The van der Waals surface area contributed by atoms with Crippen LogP contribution in [0.1, 0.15) is 20.3 Å². The Morgan fingerprint density at radius 1 is 1.29 bits per heavy atom. The molecule has 1 N–H and O–H groups in total. The Labute approximate surface area is 129 Å². The molecule has 0 radical (unpaired) electrons. The van der Waals surface area contributed by atoms with Crippen LogP contribution in [-0.4, -0.2) is 93.2 Å². The van der Waals surface area contributed by atoms with E-state index in [2.05, 4.69) is 30.1 Å². The van der Waals surface area contributed by atoms with E-state index in [1.165, 1.54) is 0 Å². The molecule has 0 bridgehead atoms. The van der Waals surface area contributed by atoms with Crippen LogP contribution in [0, 0.1) is 0 Å². The molecule has 21 heavy (non-hydrogen) atoms. The first-order chi connectivity index (χ1) is 9.85. The van der Waals surface area contributed by atoms with Gasteiger partial charge in [-0.1, -0.05) is 0 Å². The molecule has 1 atom stereocenters. The number of carbonyl (C=O) groups is 1. The Morgan fingerprint density at radius 2 is 1.95 bits per heavy atom. The molecule has 2 heterocycles. The van der Waals surface area contributed by atoms with Gasteiger partial charge >= 0.3 is 6.09 Å². The highest BCUT2D eigenvalue weighted by molar-refractivity contribution is 6.04. The number of carbonyl (C=O) groups excluding carboxylic acids is 1. The van der Waals surface area contributed by atoms with Crippen molar-refractivity contribution in [1.29, 1.82) is 0 Å². The number of likely N-dealkylation sites (N-methyl/N-ethyl adjacent to an activating group) is 1. The summed E-state index contributed by atoms with van der Waals surface area (Å²) in [7, 11) is 4.22. The number of hydrogen-bond acceptors (Lipinski definition) is 5. The van der Waals surface area contributed by atoms with Crippen LogP contribution in [0.3, 0.4) is 0 Å². The summed E-state index contributed by atoms with van der Waals surface area (Å²) >= 11 is 0. The number of nitrogens with zero attached hydrogens (tertiary/aromatic N) is 3. The minimum absolute atomic E-state index is 0.169. The lowest BCUT2D eigenvalue weighted by Crippen LogP contribution is -2.53. The van der Waals surface area contributed by atoms with Crippen LogP contribution in [-0.2, 0) is 4.74 Å². The zero-order valence-electron chi connectivity index (χ0n) is 13.9. The SMILES string of the molecule is BN1CCNC(CC(C)(C)OC(=O)N2CCN(C)CC2)C1. The van der Waals surface area contributed by atoms with Gasteiger partial charge in [0.15, 0.2) is 7.98 Å². The van der Waals surface area contributed by atoms with Crippen LogP contribution in [0.5, 0.6) is 0 Å². The monoisotopic (exact) mass is 296 g/mol. The van der Waals surface area contributed by atoms with Gasteiger partial charge < -0.3 is 24.7 Å². The second-order valence-electron chi connectivity index (χ2n) is 7.04. The highest BCUT2D eigenvalue weighted by Crippen LogP contribution is 2.20. The van der Waals surface area contributed by atoms with Crippen molar-refractivity contribution in [1.82, 2.24) is 19.9 Å². The molecule has 2 saturated heterocycles. The van der Waals surface area contributed by atoms with E-state index in [0.717, 1.165) is 52.2 Å². The molecule has 1 amide bonds. The molecule has 2 fully saturated rings. The van der Waals surface area contributed by atoms with Gasteiger partial charge in [-0.15, -0.1) is 0 Å². The molecular formula is C14H29BN4O2. The average Bonchev–Trinajstić information content (AvgIpc) is 2.38. The second kappa shape index (κ2) is 6.98. The first kappa shape index (κ1) is 16.6. The maximum Gasteiger partial charge on any atom is 0.410 e. The molecule has 0 aromatic rings. The van der Waals surface area contributed by atoms with Crippen molar-refractivity contribution in [3.8, 4) is 0 Å². The predicted molar refractivity (Wildman–Crippen MR) is 86.2 cm³/mol. The van der Waals surface area contributed by atoms with Crippen molar-refractivity contribution in [2.75, 3.05) is 52.9 Å². The molecule has 120 valence electrons. The Morgan fingerprint density at radius 3 is 2.57 bits per heavy atom. The molecule has 0 spiro atoms. The Hall–Kier alpha value is -0.785. The van der Waals surface area contributed by atoms with Crippen molar-refractivity contribution in [3.63, 3.8) is 0 Å². The molecule has 0 aromatic heterocycles. The Bertz CT molecular complexity index is 359. The first-order valence-electron chi connectivity index (χ1n) is 7.94. The lowest BCUT2D eigenvalue weighted by molar-refractivity contribution is -0.00592. The number of amides is 1. The maximum absolute atomic E-state index is 12.3. The van der Waals surface area contributed by atoms with E-state index < -0.39 is 5.60 Å². The van der Waals surface area contributed by atoms with Gasteiger partial charge in [-0.3, -0.25) is 0 Å². The fraction of sp³-hybridized carbons (Fsp3) is 0.929. The summed E-state index contributed by atoms with van der Waals surface area (Å²) in [5, 5.41) is 3.51. The van der Waals surface area contributed by atoms with Gasteiger partial charge in [0.05, 0.1) is 0 Å². The van der Waals surface area contributed by atoms with Gasteiger partial charge in [-0.25, -0.2) is 4.79 Å². The summed E-state index contributed by atoms with van der Waals surface area (Å²) in [6.45, 7) is 10.5. The fourth-order valence-corrected chi connectivity index (χ4v) is 3.05. The van der Waals surface area contributed by atoms with Crippen LogP contribution in [0.4, 0.5) is 4.79 Å². The van der Waals surface area contributed by atoms with Crippen LogP contribution >= 0.6 is 0 Å². The molecule has 0 aromatic carbocycles. The average molecular weight is 296 g/mol. The van der Waals surface area contributed by atoms with Gasteiger partial charge in [0.2, 0.25) is 0 Å². The minimum Gasteiger partial charge on any atom is -0.443 e. The van der Waals surface area contributed by atoms with Gasteiger partial charge in [0, 0.05) is 51.7 Å². The quantitative estimate of drug-likeness (QED) is 0.702. The number of rotatable bonds is 3. The summed E-state index contributed by atoms with van der Waals surface area (Å²) in [4.78, 5) is 18.7. The molecule has 2 rings (SSSR count). The highest BCUT2D eigenvalue weighted by Gasteiger charge is 2.31. The predicted octanol–water partition coefficient (Wildman–Crippen LogP) is -0.639. The summed E-state index contributed by atoms with van der Waals surface area (Å²) < 4.78 is 5.76. The summed E-state index contributed by atoms with van der Waals surface area (Å²) in [5.74, 6) is 0. The molecular weight excluding hydrogens is 267 g/mol. The van der Waals surface area contributed by atoms with E-state index >= 15 is 0 Å². The smallest absolute Gasteiger partial charge is 0.410 e. The van der Waals surface area contributed by atoms with Crippen LogP contribution < -0.4 is 5.32 Å². The summed E-state index contributed by atoms with van der Waals surface area (Å²) in [6.07, 6.45) is 0.675. The molecule has 2 aliphatic rings. The highest BCUT2D eigenvalue weighted by atomic mass is 16.6. The molecule has 0 saturated carbocycles. The van der Waals surface area contributed by atoms with Gasteiger partial charge in [-0.2, -0.15) is 0 Å². The summed E-state index contributed by atoms with van der Waals surface area (Å²) in [6, 6.07) is 0.388. The molecule has 7 heteroatoms. The summed E-state index contributed by atoms with van der Waals surface area (Å²) in [5.41, 5.74) is -0.434. The molecule has 0 aliphatic carbocycles. The van der Waals surface area contributed by atoms with E-state index in [1.54, 1.807) is 0 Å². The zero-order chi connectivity index (χ0) is 15.5. The van der Waals surface area contributed by atoms with Crippen molar-refractivity contribution in [3.05, 3.63) is 0 Å². The molecule has 1 unspecified atom stereocenters. The van der Waals surface area contributed by atoms with E-state index in [-0.39, 0.29) is 6.09 Å². The topological polar surface area (TPSA) is 48.1 Å². The van der Waals surface area contributed by atoms with Crippen molar-refractivity contribution in [2.45, 2.75) is 31.9 Å². The van der Waals surface area contributed by atoms with Gasteiger partial charge in [-0.05, 0) is 27.4 Å². The molecule has 6 nitrogen and oxygen atoms in total. The lowest BCUT2D eigenvalue weighted by Gasteiger charge is -2.38. The Kier molecular flexibility index (Phi) is 5.51. The number of ether oxygens (including phenoxy) is 1. The largest absolute Gasteiger partial charge is 0.443 e. The van der Waals surface area contributed by atoms with E-state index in [1.807, 2.05) is 18.7 Å². The fourth-order valence-electron chi connectivity index (χ4n) is 3.05. The third-order valence-electron chi connectivity index (χ3n) is 4.32. The van der Waals surface area contributed by atoms with Crippen molar-refractivity contribution >= 4 is 14.1 Å². The van der Waals surface area contributed by atoms with E-state index in [9.17, 15) is 4.79 Å². The van der Waals surface area contributed by atoms with E-state index in [4.69, 9.17) is 4.74 Å². The standard InChI is InChI=1S/C14H29BN4O2/c1-14(2,10-12-11-19(15)5-4-16-12)21-13(20)18-8-6-17(3)7-9-18/h12,16H,4-11,15H2,1-3H3. The van der Waals surface area contributed by atoms with Crippen molar-refractivity contribution < 1.29 is 9.53 Å². The van der Waals surface area contributed by atoms with E-state index in [0.29, 0.717) is 6.04 Å². The first-order valence-corrected chi connectivity index (χ1v) is 7.94. The number of nitrogens with one attached hydrogen (secondary N) is 1. The minimum atomic E-state index is -0.434. The zero-order valence-corrected chi connectivity index (χ0v) is 13.9. The number of piperazine rings is 2. The Balaban J connectivity index is 1.80. The van der Waals surface area contributed by atoms with Crippen molar-refractivity contribution in [2.24, 2.45) is 0 Å². The molecule has 2 aliphatic heterocycles. The van der Waals surface area contributed by atoms with Gasteiger partial charge in [0.25, 0.3) is 0 Å². The maximum atomic E-state index is 12.3. The number of hydrogen-bond donors (Lipinski definition) is 1. The lowest BCUT2D eigenvalue weighted by atomic mass is 9.96. The van der Waals surface area contributed by atoms with Gasteiger partial charge in [0.1, 0.15) is 5.60 Å². The van der Waals surface area contributed by atoms with Crippen LogP contribution in [0.2, 0.25) is 0 Å². The normalized spacial score (nSPS) is 25.9. The second-order valence-corrected chi connectivity index (χ2v) is 7.04. The third kappa shape index (κ3) is 5.16. The van der Waals surface area contributed by atoms with Crippen LogP contribution in [0.15, 0.2) is 0 Å². The third-order valence-corrected chi connectivity index (χ3v) is 4.32. The van der Waals surface area contributed by atoms with Crippen LogP contribution in [0.25, 0.3) is 0 Å².